The van der Waals surface area contributed by atoms with Crippen LogP contribution in [0.5, 0.6) is 5.75 Å². The van der Waals surface area contributed by atoms with Crippen molar-refractivity contribution in [2.75, 3.05) is 6.54 Å². The summed E-state index contributed by atoms with van der Waals surface area (Å²) in [6.07, 6.45) is 0. The van der Waals surface area contributed by atoms with Crippen molar-refractivity contribution in [1.82, 2.24) is 5.32 Å². The molecule has 0 amide bonds. The maximum absolute atomic E-state index is 13.6. The topological polar surface area (TPSA) is 21.3 Å². The number of nitrogens with one attached hydrogen (secondary N) is 1. The second kappa shape index (κ2) is 7.18. The van der Waals surface area contributed by atoms with Gasteiger partial charge in [-0.3, -0.25) is 0 Å². The molecule has 0 radical (unpaired) electrons. The van der Waals surface area contributed by atoms with Gasteiger partial charge in [0.05, 0.1) is 0 Å². The van der Waals surface area contributed by atoms with Crippen molar-refractivity contribution in [3.8, 4) is 5.75 Å². The van der Waals surface area contributed by atoms with Gasteiger partial charge in [-0.05, 0) is 37.7 Å². The van der Waals surface area contributed by atoms with Crippen LogP contribution in [0.3, 0.4) is 0 Å². The minimum atomic E-state index is -0.312. The summed E-state index contributed by atoms with van der Waals surface area (Å²) in [4.78, 5) is 0. The first-order valence-corrected chi connectivity index (χ1v) is 7.01. The molecule has 2 nitrogen and oxygen atoms in total. The van der Waals surface area contributed by atoms with Crippen LogP contribution in [0.2, 0.25) is 0 Å². The van der Waals surface area contributed by atoms with Gasteiger partial charge in [0.2, 0.25) is 0 Å². The van der Waals surface area contributed by atoms with Crippen molar-refractivity contribution in [1.29, 1.82) is 0 Å². The molecule has 4 heteroatoms. The van der Waals surface area contributed by atoms with Crippen LogP contribution >= 0.6 is 0 Å². The molecule has 0 aromatic heterocycles. The smallest absolute Gasteiger partial charge is 0.129 e. The Labute approximate surface area is 123 Å². The molecule has 0 spiro atoms. The largest absolute Gasteiger partial charge is 0.488 e. The first-order chi connectivity index (χ1) is 10.1. The van der Waals surface area contributed by atoms with E-state index in [2.05, 4.69) is 5.32 Å². The molecular formula is C17H19F2NO. The first kappa shape index (κ1) is 15.4. The van der Waals surface area contributed by atoms with Gasteiger partial charge >= 0.3 is 0 Å². The highest BCUT2D eigenvalue weighted by molar-refractivity contribution is 5.36. The van der Waals surface area contributed by atoms with E-state index in [1.807, 2.05) is 13.8 Å². The summed E-state index contributed by atoms with van der Waals surface area (Å²) in [5.74, 6) is -0.0537. The van der Waals surface area contributed by atoms with Gasteiger partial charge in [-0.1, -0.05) is 25.1 Å². The molecule has 2 rings (SSSR count). The molecule has 0 heterocycles. The number of benzene rings is 2. The Morgan fingerprint density at radius 2 is 1.90 bits per heavy atom. The molecule has 2 aromatic rings. The van der Waals surface area contributed by atoms with Gasteiger partial charge in [0.25, 0.3) is 0 Å². The molecular weight excluding hydrogens is 272 g/mol. The molecule has 0 aliphatic carbocycles. The highest BCUT2D eigenvalue weighted by Crippen LogP contribution is 2.27. The van der Waals surface area contributed by atoms with E-state index >= 15 is 0 Å². The minimum absolute atomic E-state index is 0.0404. The molecule has 1 unspecified atom stereocenters. The monoisotopic (exact) mass is 291 g/mol. The fourth-order valence-corrected chi connectivity index (χ4v) is 2.18. The fraction of sp³-hybridized carbons (Fsp3) is 0.294. The molecule has 0 aliphatic rings. The molecule has 1 N–H and O–H groups in total. The van der Waals surface area contributed by atoms with Crippen molar-refractivity contribution in [3.05, 3.63) is 65.2 Å². The molecule has 0 aliphatic heterocycles. The van der Waals surface area contributed by atoms with E-state index in [1.165, 1.54) is 18.2 Å². The lowest BCUT2D eigenvalue weighted by Crippen LogP contribution is -2.18. The Morgan fingerprint density at radius 3 is 2.62 bits per heavy atom. The maximum Gasteiger partial charge on any atom is 0.129 e. The maximum atomic E-state index is 13.6. The fourth-order valence-electron chi connectivity index (χ4n) is 2.18. The quantitative estimate of drug-likeness (QED) is 0.860. The van der Waals surface area contributed by atoms with Crippen molar-refractivity contribution < 1.29 is 13.5 Å². The summed E-state index contributed by atoms with van der Waals surface area (Å²) < 4.78 is 32.7. The van der Waals surface area contributed by atoms with Crippen LogP contribution in [0.4, 0.5) is 8.78 Å². The summed E-state index contributed by atoms with van der Waals surface area (Å²) in [6.45, 7) is 4.80. The van der Waals surface area contributed by atoms with Crippen LogP contribution in [-0.2, 0) is 6.61 Å². The van der Waals surface area contributed by atoms with Gasteiger partial charge in [-0.25, -0.2) is 8.78 Å². The molecule has 2 aromatic carbocycles. The summed E-state index contributed by atoms with van der Waals surface area (Å²) in [5.41, 5.74) is 1.21. The molecule has 0 saturated heterocycles. The van der Waals surface area contributed by atoms with Crippen molar-refractivity contribution in [2.45, 2.75) is 26.5 Å². The van der Waals surface area contributed by atoms with Gasteiger partial charge in [0.1, 0.15) is 24.0 Å². The van der Waals surface area contributed by atoms with E-state index < -0.39 is 0 Å². The van der Waals surface area contributed by atoms with Crippen molar-refractivity contribution in [2.24, 2.45) is 0 Å². The lowest BCUT2D eigenvalue weighted by molar-refractivity contribution is 0.293. The number of halogens is 2. The van der Waals surface area contributed by atoms with E-state index in [9.17, 15) is 8.78 Å². The average molecular weight is 291 g/mol. The van der Waals surface area contributed by atoms with Gasteiger partial charge in [0.15, 0.2) is 0 Å². The Bertz CT molecular complexity index is 601. The van der Waals surface area contributed by atoms with Crippen LogP contribution in [0.15, 0.2) is 42.5 Å². The highest BCUT2D eigenvalue weighted by atomic mass is 19.1. The van der Waals surface area contributed by atoms with Gasteiger partial charge in [-0.15, -0.1) is 0 Å². The van der Waals surface area contributed by atoms with Gasteiger partial charge in [-0.2, -0.15) is 0 Å². The van der Waals surface area contributed by atoms with E-state index in [0.717, 1.165) is 12.1 Å². The van der Waals surface area contributed by atoms with E-state index in [1.54, 1.807) is 24.3 Å². The predicted molar refractivity (Wildman–Crippen MR) is 79.2 cm³/mol. The third-order valence-corrected chi connectivity index (χ3v) is 3.29. The van der Waals surface area contributed by atoms with E-state index in [4.69, 9.17) is 4.74 Å². The molecule has 112 valence electrons. The summed E-state index contributed by atoms with van der Waals surface area (Å²) in [6, 6.07) is 10.8. The normalized spacial score (nSPS) is 12.2. The molecule has 0 bridgehead atoms. The zero-order chi connectivity index (χ0) is 15.2. The number of hydrogen-bond acceptors (Lipinski definition) is 2. The Morgan fingerprint density at radius 1 is 1.14 bits per heavy atom. The number of rotatable bonds is 6. The molecule has 21 heavy (non-hydrogen) atoms. The average Bonchev–Trinajstić information content (AvgIpc) is 2.47. The zero-order valence-electron chi connectivity index (χ0n) is 12.2. The van der Waals surface area contributed by atoms with Crippen LogP contribution in [0, 0.1) is 11.6 Å². The third-order valence-electron chi connectivity index (χ3n) is 3.29. The van der Waals surface area contributed by atoms with Gasteiger partial charge in [0, 0.05) is 17.2 Å². The van der Waals surface area contributed by atoms with Crippen LogP contribution in [0.25, 0.3) is 0 Å². The van der Waals surface area contributed by atoms with E-state index in [-0.39, 0.29) is 24.3 Å². The Kier molecular flexibility index (Phi) is 5.28. The second-order valence-corrected chi connectivity index (χ2v) is 4.84. The van der Waals surface area contributed by atoms with Gasteiger partial charge < -0.3 is 10.1 Å². The highest BCUT2D eigenvalue weighted by Gasteiger charge is 2.13. The van der Waals surface area contributed by atoms with E-state index in [0.29, 0.717) is 11.3 Å². The predicted octanol–water partition coefficient (Wildman–Crippen LogP) is 4.21. The lowest BCUT2D eigenvalue weighted by atomic mass is 10.1. The third kappa shape index (κ3) is 4.02. The molecule has 0 saturated carbocycles. The summed E-state index contributed by atoms with van der Waals surface area (Å²) >= 11 is 0. The standard InChI is InChI=1S/C17H19F2NO/c1-3-20-12(2)15-10-14(18)8-9-17(15)21-11-13-6-4-5-7-16(13)19/h4-10,12,20H,3,11H2,1-2H3. The Hall–Kier alpha value is -1.94. The lowest BCUT2D eigenvalue weighted by Gasteiger charge is -2.18. The summed E-state index contributed by atoms with van der Waals surface area (Å²) in [5, 5.41) is 3.22. The molecule has 0 fully saturated rings. The van der Waals surface area contributed by atoms with Crippen LogP contribution in [0.1, 0.15) is 31.0 Å². The second-order valence-electron chi connectivity index (χ2n) is 4.84. The Balaban J connectivity index is 2.18. The first-order valence-electron chi connectivity index (χ1n) is 7.01. The SMILES string of the molecule is CCNC(C)c1cc(F)ccc1OCc1ccccc1F. The molecule has 1 atom stereocenters. The van der Waals surface area contributed by atoms with Crippen LogP contribution in [-0.4, -0.2) is 6.54 Å². The zero-order valence-corrected chi connectivity index (χ0v) is 12.2. The minimum Gasteiger partial charge on any atom is -0.488 e. The van der Waals surface area contributed by atoms with Crippen molar-refractivity contribution in [3.63, 3.8) is 0 Å². The number of ether oxygens (including phenoxy) is 1. The number of hydrogen-bond donors (Lipinski definition) is 1. The van der Waals surface area contributed by atoms with Crippen molar-refractivity contribution >= 4 is 0 Å². The summed E-state index contributed by atoms with van der Waals surface area (Å²) in [7, 11) is 0. The van der Waals surface area contributed by atoms with Crippen LogP contribution < -0.4 is 10.1 Å².